The van der Waals surface area contributed by atoms with Crippen LogP contribution in [0, 0.1) is 33.8 Å². The van der Waals surface area contributed by atoms with Gasteiger partial charge in [-0.3, -0.25) is 12.2 Å². The summed E-state index contributed by atoms with van der Waals surface area (Å²) in [4.78, 5) is 0. The predicted molar refractivity (Wildman–Crippen MR) is 136 cm³/mol. The molecule has 0 spiro atoms. The standard InChI is InChI=1S/2C14H21.2ClH.Zr/c2*1-13(2,3)14(10-6-7-11-14)12-8-4-5-9-12;;;/h2*4,8H,5-7,10-11H2,1-3H3;2*1H;/q2*-1;;;+2. The summed E-state index contributed by atoms with van der Waals surface area (Å²) in [5, 5.41) is 0. The first-order valence-corrected chi connectivity index (χ1v) is 11.7. The molecule has 0 amide bonds. The molecule has 2 saturated carbocycles. The Morgan fingerprint density at radius 1 is 0.613 bits per heavy atom. The van der Waals surface area contributed by atoms with Gasteiger partial charge in [0.25, 0.3) is 0 Å². The van der Waals surface area contributed by atoms with E-state index < -0.39 is 0 Å². The summed E-state index contributed by atoms with van der Waals surface area (Å²) >= 11 is 0. The Labute approximate surface area is 224 Å². The molecule has 0 aromatic rings. The van der Waals surface area contributed by atoms with Crippen LogP contribution in [0.3, 0.4) is 0 Å². The van der Waals surface area contributed by atoms with Gasteiger partial charge in [0.1, 0.15) is 0 Å². The number of allylic oxidation sites excluding steroid dienone is 8. The van der Waals surface area contributed by atoms with Gasteiger partial charge < -0.3 is 0 Å². The van der Waals surface area contributed by atoms with Gasteiger partial charge in [0.2, 0.25) is 0 Å². The largest absolute Gasteiger partial charge is 2.00 e. The molecule has 0 N–H and O–H groups in total. The number of hydrogen-bond donors (Lipinski definition) is 0. The van der Waals surface area contributed by atoms with Crippen LogP contribution in [0.1, 0.15) is 106 Å². The van der Waals surface area contributed by atoms with Gasteiger partial charge in [-0.1, -0.05) is 67.2 Å². The fraction of sp³-hybridized carbons (Fsp3) is 0.714. The van der Waals surface area contributed by atoms with Crippen molar-refractivity contribution in [1.29, 1.82) is 0 Å². The maximum absolute atomic E-state index is 3.55. The first-order chi connectivity index (χ1) is 13.1. The molecule has 0 saturated heterocycles. The minimum Gasteiger partial charge on any atom is -0.269 e. The summed E-state index contributed by atoms with van der Waals surface area (Å²) in [6, 6.07) is 0. The summed E-state index contributed by atoms with van der Waals surface area (Å²) in [5.74, 6) is 0. The molecule has 2 fully saturated rings. The Kier molecular flexibility index (Phi) is 12.4. The third-order valence-corrected chi connectivity index (χ3v) is 8.21. The average Bonchev–Trinajstić information content (AvgIpc) is 3.44. The summed E-state index contributed by atoms with van der Waals surface area (Å²) in [5.41, 5.74) is 4.64. The third-order valence-electron chi connectivity index (χ3n) is 8.21. The zero-order valence-corrected chi connectivity index (χ0v) is 24.8. The molecule has 174 valence electrons. The molecule has 4 rings (SSSR count). The summed E-state index contributed by atoms with van der Waals surface area (Å²) < 4.78 is 0. The zero-order valence-electron chi connectivity index (χ0n) is 20.7. The molecule has 0 unspecified atom stereocenters. The van der Waals surface area contributed by atoms with Crippen molar-refractivity contribution in [1.82, 2.24) is 0 Å². The van der Waals surface area contributed by atoms with Crippen LogP contribution >= 0.6 is 24.8 Å². The maximum atomic E-state index is 3.55. The van der Waals surface area contributed by atoms with Crippen LogP contribution in [0.2, 0.25) is 0 Å². The molecule has 0 heterocycles. The molecular weight excluding hydrogens is 498 g/mol. The number of rotatable bonds is 2. The monoisotopic (exact) mass is 540 g/mol. The average molecular weight is 543 g/mol. The molecule has 0 bridgehead atoms. The fourth-order valence-corrected chi connectivity index (χ4v) is 6.27. The first-order valence-electron chi connectivity index (χ1n) is 11.7. The van der Waals surface area contributed by atoms with E-state index in [4.69, 9.17) is 0 Å². The minimum atomic E-state index is 0. The second kappa shape index (κ2) is 12.2. The molecule has 4 aliphatic carbocycles. The van der Waals surface area contributed by atoms with Crippen molar-refractivity contribution in [2.24, 2.45) is 21.7 Å². The normalized spacial score (nSPS) is 23.0. The van der Waals surface area contributed by atoms with Gasteiger partial charge in [0, 0.05) is 0 Å². The number of halogens is 2. The second-order valence-corrected chi connectivity index (χ2v) is 11.5. The van der Waals surface area contributed by atoms with Gasteiger partial charge in [-0.05, 0) is 47.3 Å². The van der Waals surface area contributed by atoms with Crippen LogP contribution in [-0.2, 0) is 26.2 Å². The molecule has 0 aromatic heterocycles. The summed E-state index contributed by atoms with van der Waals surface area (Å²) in [6.07, 6.45) is 29.4. The van der Waals surface area contributed by atoms with Crippen molar-refractivity contribution in [2.75, 3.05) is 0 Å². The van der Waals surface area contributed by atoms with E-state index in [9.17, 15) is 0 Å². The van der Waals surface area contributed by atoms with E-state index in [0.717, 1.165) is 12.8 Å². The van der Waals surface area contributed by atoms with Crippen LogP contribution in [0.5, 0.6) is 0 Å². The van der Waals surface area contributed by atoms with Gasteiger partial charge in [0.05, 0.1) is 0 Å². The van der Waals surface area contributed by atoms with Crippen molar-refractivity contribution in [3.05, 3.63) is 47.6 Å². The van der Waals surface area contributed by atoms with Gasteiger partial charge in [-0.15, -0.1) is 37.7 Å². The van der Waals surface area contributed by atoms with Crippen LogP contribution in [0.4, 0.5) is 0 Å². The molecule has 0 radical (unpaired) electrons. The van der Waals surface area contributed by atoms with Gasteiger partial charge in [0.15, 0.2) is 0 Å². The minimum absolute atomic E-state index is 0. The van der Waals surface area contributed by atoms with Crippen LogP contribution < -0.4 is 0 Å². The van der Waals surface area contributed by atoms with Crippen LogP contribution in [0.15, 0.2) is 35.5 Å². The SMILES string of the molecule is CC(C)(C)C1(C2=[C-]CC=C2)CCCC1.CC(C)(C)C1(C2=[C-]CC=C2)CCCC1.Cl.Cl.[Zr+2]. The molecule has 0 aromatic carbocycles. The van der Waals surface area contributed by atoms with Gasteiger partial charge in [-0.2, -0.15) is 12.2 Å². The van der Waals surface area contributed by atoms with E-state index in [2.05, 4.69) is 78.0 Å². The van der Waals surface area contributed by atoms with E-state index in [1.165, 1.54) is 62.5 Å². The predicted octanol–water partition coefficient (Wildman–Crippen LogP) is 9.41. The van der Waals surface area contributed by atoms with Crippen LogP contribution in [0.25, 0.3) is 0 Å². The maximum Gasteiger partial charge on any atom is 2.00 e. The Morgan fingerprint density at radius 3 is 1.10 bits per heavy atom. The van der Waals surface area contributed by atoms with Crippen molar-refractivity contribution < 1.29 is 26.2 Å². The van der Waals surface area contributed by atoms with E-state index >= 15 is 0 Å². The zero-order chi connectivity index (χ0) is 20.5. The second-order valence-electron chi connectivity index (χ2n) is 11.5. The summed E-state index contributed by atoms with van der Waals surface area (Å²) in [6.45, 7) is 14.3. The van der Waals surface area contributed by atoms with Crippen molar-refractivity contribution in [3.8, 4) is 0 Å². The van der Waals surface area contributed by atoms with Gasteiger partial charge >= 0.3 is 26.2 Å². The molecule has 4 aliphatic rings. The molecule has 3 heteroatoms. The Bertz CT molecular complexity index is 611. The quantitative estimate of drug-likeness (QED) is 0.305. The van der Waals surface area contributed by atoms with E-state index in [0.29, 0.717) is 21.7 Å². The fourth-order valence-electron chi connectivity index (χ4n) is 6.27. The van der Waals surface area contributed by atoms with Crippen molar-refractivity contribution in [3.63, 3.8) is 0 Å². The molecule has 0 nitrogen and oxygen atoms in total. The van der Waals surface area contributed by atoms with Crippen LogP contribution in [-0.4, -0.2) is 0 Å². The molecule has 0 atom stereocenters. The topological polar surface area (TPSA) is 0 Å². The Balaban J connectivity index is 0.000000529. The van der Waals surface area contributed by atoms with Crippen molar-refractivity contribution >= 4 is 24.8 Å². The summed E-state index contributed by atoms with van der Waals surface area (Å²) in [7, 11) is 0. The molecule has 31 heavy (non-hydrogen) atoms. The van der Waals surface area contributed by atoms with E-state index in [-0.39, 0.29) is 51.0 Å². The number of hydrogen-bond acceptors (Lipinski definition) is 0. The first kappa shape index (κ1) is 31.4. The molecular formula is C28H44Cl2Zr. The van der Waals surface area contributed by atoms with E-state index in [1.807, 2.05) is 0 Å². The Hall–Kier alpha value is 0.423. The van der Waals surface area contributed by atoms with Gasteiger partial charge in [-0.25, -0.2) is 23.3 Å². The Morgan fingerprint density at radius 2 is 0.903 bits per heavy atom. The smallest absolute Gasteiger partial charge is 0.269 e. The van der Waals surface area contributed by atoms with E-state index in [1.54, 1.807) is 0 Å². The van der Waals surface area contributed by atoms with Crippen molar-refractivity contribution in [2.45, 2.75) is 106 Å². The third kappa shape index (κ3) is 6.31. The molecule has 0 aliphatic heterocycles.